The maximum Gasteiger partial charge on any atom is 0.480 e. The van der Waals surface area contributed by atoms with Crippen molar-refractivity contribution in [2.24, 2.45) is 4.99 Å². The lowest BCUT2D eigenvalue weighted by Crippen LogP contribution is -2.50. The molecule has 0 unspecified atom stereocenters. The van der Waals surface area contributed by atoms with E-state index >= 15 is 0 Å². The summed E-state index contributed by atoms with van der Waals surface area (Å²) in [6.07, 6.45) is 17.6. The molecule has 0 aromatic rings. The SMILES string of the molecule is CCCC[N+](CCCC)(CCCC)CCCCCCOC(=O)NCCCCCCN=C=O.O=S(=O)([N-]S(=O)(=O)C(F)(F)F)C(F)(F)F. The molecule has 1 amide bonds. The summed E-state index contributed by atoms with van der Waals surface area (Å²) in [4.78, 5) is 25.2. The predicted octanol–water partition coefficient (Wildman–Crippen LogP) is 7.45. The summed E-state index contributed by atoms with van der Waals surface area (Å²) in [5, 5.41) is 2.82. The number of nitrogens with zero attached hydrogens (tertiary/aromatic N) is 3. The number of alkyl halides is 6. The molecule has 0 aliphatic carbocycles. The molecular formula is C28H52F6N4O7S2. The molecule has 47 heavy (non-hydrogen) atoms. The Hall–Kier alpha value is -1.95. The number of ether oxygens (including phenoxy) is 1. The molecule has 0 aromatic heterocycles. The second kappa shape index (κ2) is 25.1. The van der Waals surface area contributed by atoms with Gasteiger partial charge in [0.25, 0.3) is 0 Å². The van der Waals surface area contributed by atoms with Gasteiger partial charge < -0.3 is 18.7 Å². The lowest BCUT2D eigenvalue weighted by Gasteiger charge is -2.39. The van der Waals surface area contributed by atoms with Crippen LogP contribution in [0, 0.1) is 0 Å². The molecule has 0 spiro atoms. The molecular weight excluding hydrogens is 682 g/mol. The number of carbonyl (C=O) groups is 1. The van der Waals surface area contributed by atoms with E-state index in [0.717, 1.165) is 42.7 Å². The van der Waals surface area contributed by atoms with Crippen LogP contribution in [0.4, 0.5) is 31.1 Å². The number of amides is 1. The van der Waals surface area contributed by atoms with Crippen LogP contribution in [0.25, 0.3) is 4.13 Å². The number of nitrogens with one attached hydrogen (secondary N) is 1. The van der Waals surface area contributed by atoms with Gasteiger partial charge in [-0.05, 0) is 57.8 Å². The summed E-state index contributed by atoms with van der Waals surface area (Å²) in [6, 6.07) is 0. The van der Waals surface area contributed by atoms with Gasteiger partial charge in [-0.3, -0.25) is 0 Å². The van der Waals surface area contributed by atoms with E-state index in [4.69, 9.17) is 4.74 Å². The molecule has 0 rings (SSSR count). The number of aliphatic imine (C=N–C) groups is 1. The Kier molecular flexibility index (Phi) is 25.2. The number of isocyanates is 1. The topological polar surface area (TPSA) is 150 Å². The largest absolute Gasteiger partial charge is 0.480 e. The summed E-state index contributed by atoms with van der Waals surface area (Å²) in [5.41, 5.74) is -12.4. The van der Waals surface area contributed by atoms with Crippen LogP contribution in [0.15, 0.2) is 4.99 Å². The minimum absolute atomic E-state index is 0.301. The Balaban J connectivity index is 0. The van der Waals surface area contributed by atoms with Crippen molar-refractivity contribution < 1.29 is 62.0 Å². The van der Waals surface area contributed by atoms with E-state index in [-0.39, 0.29) is 6.09 Å². The van der Waals surface area contributed by atoms with Crippen molar-refractivity contribution in [2.45, 2.75) is 122 Å². The summed E-state index contributed by atoms with van der Waals surface area (Å²) in [5.74, 6) is 0. The fourth-order valence-corrected chi connectivity index (χ4v) is 6.10. The van der Waals surface area contributed by atoms with Crippen molar-refractivity contribution in [3.8, 4) is 0 Å². The predicted molar refractivity (Wildman–Crippen MR) is 167 cm³/mol. The van der Waals surface area contributed by atoms with Crippen LogP contribution in [0.3, 0.4) is 0 Å². The van der Waals surface area contributed by atoms with Crippen LogP contribution in [-0.2, 0) is 29.6 Å². The van der Waals surface area contributed by atoms with Crippen LogP contribution >= 0.6 is 0 Å². The smallest absolute Gasteiger partial charge is 0.450 e. The number of alkyl carbamates (subject to hydrolysis) is 1. The standard InChI is InChI=1S/C26H51N3O3.C2F6NO4S2/c1-4-7-20-29(21-8-5-2,22-9-6-3)23-16-12-13-17-24-32-26(31)28-19-15-11-10-14-18-27-25-30;3-1(4,5)14(10,11)9-15(12,13)2(6,7)8/h4-24H2,1-3H3;/q;-1/p+1. The van der Waals surface area contributed by atoms with Crippen molar-refractivity contribution in [3.63, 3.8) is 0 Å². The Labute approximate surface area is 276 Å². The van der Waals surface area contributed by atoms with Gasteiger partial charge in [0.2, 0.25) is 6.08 Å². The average Bonchev–Trinajstić information content (AvgIpc) is 2.97. The summed E-state index contributed by atoms with van der Waals surface area (Å²) in [7, 11) is -13.4. The zero-order valence-electron chi connectivity index (χ0n) is 27.6. The van der Waals surface area contributed by atoms with E-state index in [1.54, 1.807) is 6.08 Å². The van der Waals surface area contributed by atoms with Crippen molar-refractivity contribution in [2.75, 3.05) is 45.9 Å². The highest BCUT2D eigenvalue weighted by Gasteiger charge is 2.47. The molecule has 0 aromatic carbocycles. The van der Waals surface area contributed by atoms with Gasteiger partial charge in [-0.15, -0.1) is 0 Å². The first kappa shape index (κ1) is 47.2. The van der Waals surface area contributed by atoms with E-state index in [9.17, 15) is 52.8 Å². The van der Waals surface area contributed by atoms with Gasteiger partial charge in [0.15, 0.2) is 20.0 Å². The fourth-order valence-electron chi connectivity index (χ4n) is 4.39. The third kappa shape index (κ3) is 23.1. The minimum Gasteiger partial charge on any atom is -0.450 e. The third-order valence-corrected chi connectivity index (χ3v) is 9.77. The van der Waals surface area contributed by atoms with Crippen LogP contribution in [0.2, 0.25) is 0 Å². The zero-order valence-corrected chi connectivity index (χ0v) is 29.3. The van der Waals surface area contributed by atoms with E-state index < -0.39 is 31.1 Å². The number of hydrogen-bond acceptors (Lipinski definition) is 8. The summed E-state index contributed by atoms with van der Waals surface area (Å²) < 4.78 is 116. The number of sulfonamides is 2. The van der Waals surface area contributed by atoms with E-state index in [1.807, 2.05) is 0 Å². The van der Waals surface area contributed by atoms with E-state index in [2.05, 4.69) is 31.1 Å². The second-order valence-corrected chi connectivity index (χ2v) is 14.5. The van der Waals surface area contributed by atoms with E-state index in [1.165, 1.54) is 82.0 Å². The number of rotatable bonds is 25. The maximum absolute atomic E-state index is 11.7. The monoisotopic (exact) mass is 734 g/mol. The van der Waals surface area contributed by atoms with Gasteiger partial charge in [0.1, 0.15) is 0 Å². The van der Waals surface area contributed by atoms with Crippen molar-refractivity contribution >= 4 is 32.2 Å². The molecule has 0 aliphatic heterocycles. The molecule has 0 heterocycles. The summed E-state index contributed by atoms with van der Waals surface area (Å²) in [6.45, 7) is 13.9. The number of unbranched alkanes of at least 4 members (excludes halogenated alkanes) is 9. The second-order valence-electron chi connectivity index (χ2n) is 11.1. The quantitative estimate of drug-likeness (QED) is 0.0337. The molecule has 1 N–H and O–H groups in total. The number of halogens is 6. The molecule has 0 fully saturated rings. The Morgan fingerprint density at radius 3 is 1.57 bits per heavy atom. The van der Waals surface area contributed by atoms with Gasteiger partial charge in [-0.1, -0.05) is 52.9 Å². The Morgan fingerprint density at radius 1 is 0.702 bits per heavy atom. The van der Waals surface area contributed by atoms with Crippen LogP contribution in [-0.4, -0.2) is 90.4 Å². The van der Waals surface area contributed by atoms with Gasteiger partial charge in [0.05, 0.1) is 39.3 Å². The first-order chi connectivity index (χ1) is 21.8. The van der Waals surface area contributed by atoms with Gasteiger partial charge >= 0.3 is 17.1 Å². The molecule has 0 bridgehead atoms. The third-order valence-electron chi connectivity index (χ3n) is 7.03. The van der Waals surface area contributed by atoms with Crippen LogP contribution in [0.1, 0.15) is 111 Å². The molecule has 19 heteroatoms. The molecule has 0 saturated heterocycles. The molecule has 0 radical (unpaired) electrons. The Morgan fingerprint density at radius 2 is 1.13 bits per heavy atom. The average molecular weight is 735 g/mol. The number of quaternary nitrogens is 1. The lowest BCUT2D eigenvalue weighted by molar-refractivity contribution is -0.929. The molecule has 0 aliphatic rings. The molecule has 280 valence electrons. The highest BCUT2D eigenvalue weighted by molar-refractivity contribution is 8.13. The normalized spacial score (nSPS) is 12.5. The minimum atomic E-state index is -6.72. The van der Waals surface area contributed by atoms with Gasteiger partial charge in [0, 0.05) is 6.54 Å². The van der Waals surface area contributed by atoms with Crippen molar-refractivity contribution in [1.82, 2.24) is 5.32 Å². The van der Waals surface area contributed by atoms with Crippen LogP contribution < -0.4 is 5.32 Å². The van der Waals surface area contributed by atoms with E-state index in [0.29, 0.717) is 19.7 Å². The molecule has 0 saturated carbocycles. The number of hydrogen-bond donors (Lipinski definition) is 1. The van der Waals surface area contributed by atoms with Gasteiger partial charge in [-0.25, -0.2) is 31.4 Å². The van der Waals surface area contributed by atoms with Crippen LogP contribution in [0.5, 0.6) is 0 Å². The van der Waals surface area contributed by atoms with Gasteiger partial charge in [-0.2, -0.15) is 26.3 Å². The first-order valence-electron chi connectivity index (χ1n) is 16.0. The first-order valence-corrected chi connectivity index (χ1v) is 18.9. The molecule has 11 nitrogen and oxygen atoms in total. The maximum atomic E-state index is 11.7. The fraction of sp³-hybridized carbons (Fsp3) is 0.929. The highest BCUT2D eigenvalue weighted by Crippen LogP contribution is 2.36. The number of carbonyl (C=O) groups excluding carboxylic acids is 2. The lowest BCUT2D eigenvalue weighted by atomic mass is 10.1. The highest BCUT2D eigenvalue weighted by atomic mass is 32.3. The Bertz CT molecular complexity index is 1040. The van der Waals surface area contributed by atoms with Crippen molar-refractivity contribution in [3.05, 3.63) is 4.13 Å². The molecule has 0 atom stereocenters. The van der Waals surface area contributed by atoms with Crippen molar-refractivity contribution in [1.29, 1.82) is 0 Å². The zero-order chi connectivity index (χ0) is 36.5. The summed E-state index contributed by atoms with van der Waals surface area (Å²) >= 11 is 0.